The standard InChI is InChI=1S/C23H19N3O6S/c1-32-23(29)17-10-6-5-9-16(17)22(28)26-19-12-11-15(33(24,30)31)13-18(19)25-21(27)20(26)14-7-3-2-4-8-14/h2-13,20H,1H3,(H,25,27)(H2,24,30,31). The summed E-state index contributed by atoms with van der Waals surface area (Å²) in [5, 5.41) is 7.89. The van der Waals surface area contributed by atoms with Crippen LogP contribution < -0.4 is 15.4 Å². The van der Waals surface area contributed by atoms with E-state index in [4.69, 9.17) is 9.88 Å². The summed E-state index contributed by atoms with van der Waals surface area (Å²) in [7, 11) is -2.84. The molecule has 3 aromatic rings. The zero-order valence-electron chi connectivity index (χ0n) is 17.4. The van der Waals surface area contributed by atoms with Gasteiger partial charge in [-0.25, -0.2) is 18.4 Å². The van der Waals surface area contributed by atoms with Gasteiger partial charge in [0, 0.05) is 0 Å². The van der Waals surface area contributed by atoms with Crippen molar-refractivity contribution in [3.63, 3.8) is 0 Å². The number of fused-ring (bicyclic) bond motifs is 1. The number of carbonyl (C=O) groups is 3. The van der Waals surface area contributed by atoms with Gasteiger partial charge >= 0.3 is 5.97 Å². The van der Waals surface area contributed by atoms with Crippen LogP contribution in [0, 0.1) is 0 Å². The number of primary sulfonamides is 1. The Morgan fingerprint density at radius 1 is 0.970 bits per heavy atom. The first-order valence-corrected chi connectivity index (χ1v) is 11.3. The van der Waals surface area contributed by atoms with Crippen LogP contribution in [0.3, 0.4) is 0 Å². The van der Waals surface area contributed by atoms with E-state index in [1.54, 1.807) is 42.5 Å². The van der Waals surface area contributed by atoms with Crippen molar-refractivity contribution >= 4 is 39.2 Å². The average molecular weight is 465 g/mol. The highest BCUT2D eigenvalue weighted by atomic mass is 32.2. The normalized spacial score (nSPS) is 15.4. The molecule has 0 aromatic heterocycles. The van der Waals surface area contributed by atoms with Gasteiger partial charge in [-0.3, -0.25) is 14.5 Å². The van der Waals surface area contributed by atoms with Gasteiger partial charge in [0.15, 0.2) is 0 Å². The van der Waals surface area contributed by atoms with Gasteiger partial charge in [-0.1, -0.05) is 42.5 Å². The molecule has 1 heterocycles. The molecular formula is C23H19N3O6S. The van der Waals surface area contributed by atoms with Gasteiger partial charge in [-0.2, -0.15) is 0 Å². The van der Waals surface area contributed by atoms with Gasteiger partial charge in [0.1, 0.15) is 6.04 Å². The SMILES string of the molecule is COC(=O)c1ccccc1C(=O)N1c2ccc(S(N)(=O)=O)cc2NC(=O)C1c1ccccc1. The number of methoxy groups -OCH3 is 1. The van der Waals surface area contributed by atoms with Crippen molar-refractivity contribution in [2.45, 2.75) is 10.9 Å². The van der Waals surface area contributed by atoms with E-state index in [0.717, 1.165) is 0 Å². The topological polar surface area (TPSA) is 136 Å². The molecule has 1 aliphatic rings. The lowest BCUT2D eigenvalue weighted by Crippen LogP contribution is -2.45. The number of hydrogen-bond donors (Lipinski definition) is 2. The predicted molar refractivity (Wildman–Crippen MR) is 120 cm³/mol. The monoisotopic (exact) mass is 465 g/mol. The van der Waals surface area contributed by atoms with Crippen LogP contribution in [-0.4, -0.2) is 33.3 Å². The lowest BCUT2D eigenvalue weighted by atomic mass is 9.97. The quantitative estimate of drug-likeness (QED) is 0.568. The van der Waals surface area contributed by atoms with Crippen molar-refractivity contribution in [2.24, 2.45) is 5.14 Å². The lowest BCUT2D eigenvalue weighted by Gasteiger charge is -2.37. The van der Waals surface area contributed by atoms with Crippen molar-refractivity contribution in [1.82, 2.24) is 0 Å². The summed E-state index contributed by atoms with van der Waals surface area (Å²) in [6.07, 6.45) is 0. The molecule has 1 aliphatic heterocycles. The Balaban J connectivity index is 1.93. The molecule has 10 heteroatoms. The molecule has 0 saturated carbocycles. The summed E-state index contributed by atoms with van der Waals surface area (Å²) in [4.78, 5) is 40.3. The van der Waals surface area contributed by atoms with Crippen LogP contribution in [0.15, 0.2) is 77.7 Å². The Labute approximate surface area is 189 Å². The molecule has 9 nitrogen and oxygen atoms in total. The zero-order valence-corrected chi connectivity index (χ0v) is 18.2. The zero-order chi connectivity index (χ0) is 23.8. The maximum atomic E-state index is 13.8. The number of sulfonamides is 1. The third-order valence-corrected chi connectivity index (χ3v) is 6.13. The summed E-state index contributed by atoms with van der Waals surface area (Å²) in [6, 6.07) is 17.5. The van der Waals surface area contributed by atoms with E-state index < -0.39 is 33.8 Å². The number of hydrogen-bond acceptors (Lipinski definition) is 6. The third-order valence-electron chi connectivity index (χ3n) is 5.22. The van der Waals surface area contributed by atoms with Gasteiger partial charge < -0.3 is 10.1 Å². The summed E-state index contributed by atoms with van der Waals surface area (Å²) in [5.74, 6) is -1.89. The Morgan fingerprint density at radius 2 is 1.61 bits per heavy atom. The fourth-order valence-corrected chi connectivity index (χ4v) is 4.25. The highest BCUT2D eigenvalue weighted by Gasteiger charge is 2.39. The first-order chi connectivity index (χ1) is 15.7. The van der Waals surface area contributed by atoms with Crippen LogP contribution in [0.25, 0.3) is 0 Å². The summed E-state index contributed by atoms with van der Waals surface area (Å²) < 4.78 is 28.4. The van der Waals surface area contributed by atoms with E-state index >= 15 is 0 Å². The Hall–Kier alpha value is -4.02. The molecule has 1 unspecified atom stereocenters. The number of anilines is 2. The largest absolute Gasteiger partial charge is 0.465 e. The van der Waals surface area contributed by atoms with Crippen LogP contribution in [-0.2, 0) is 19.6 Å². The van der Waals surface area contributed by atoms with Crippen LogP contribution in [0.2, 0.25) is 0 Å². The molecule has 3 N–H and O–H groups in total. The molecule has 0 saturated heterocycles. The molecule has 168 valence electrons. The Morgan fingerprint density at radius 3 is 2.24 bits per heavy atom. The van der Waals surface area contributed by atoms with E-state index in [0.29, 0.717) is 5.56 Å². The van der Waals surface area contributed by atoms with E-state index in [1.807, 2.05) is 0 Å². The van der Waals surface area contributed by atoms with Crippen molar-refractivity contribution in [1.29, 1.82) is 0 Å². The number of nitrogens with two attached hydrogens (primary N) is 1. The van der Waals surface area contributed by atoms with Crippen LogP contribution in [0.4, 0.5) is 11.4 Å². The second-order valence-electron chi connectivity index (χ2n) is 7.24. The average Bonchev–Trinajstić information content (AvgIpc) is 2.81. The molecule has 2 amide bonds. The van der Waals surface area contributed by atoms with Crippen molar-refractivity contribution in [3.8, 4) is 0 Å². The number of nitrogens with one attached hydrogen (secondary N) is 1. The van der Waals surface area contributed by atoms with Gasteiger partial charge in [-0.15, -0.1) is 0 Å². The van der Waals surface area contributed by atoms with Crippen molar-refractivity contribution < 1.29 is 27.5 Å². The minimum atomic E-state index is -4.05. The predicted octanol–water partition coefficient (Wildman–Crippen LogP) is 2.46. The Bertz CT molecular complexity index is 1370. The van der Waals surface area contributed by atoms with Crippen LogP contribution in [0.5, 0.6) is 0 Å². The number of rotatable bonds is 4. The van der Waals surface area contributed by atoms with Crippen molar-refractivity contribution in [3.05, 3.63) is 89.5 Å². The molecular weight excluding hydrogens is 446 g/mol. The maximum absolute atomic E-state index is 13.8. The van der Waals surface area contributed by atoms with Crippen molar-refractivity contribution in [2.75, 3.05) is 17.3 Å². The van der Waals surface area contributed by atoms with Gasteiger partial charge in [0.05, 0.1) is 34.5 Å². The summed E-state index contributed by atoms with van der Waals surface area (Å²) >= 11 is 0. The number of esters is 1. The summed E-state index contributed by atoms with van der Waals surface area (Å²) in [6.45, 7) is 0. The van der Waals surface area contributed by atoms with E-state index in [9.17, 15) is 22.8 Å². The van der Waals surface area contributed by atoms with Crippen LogP contribution >= 0.6 is 0 Å². The van der Waals surface area contributed by atoms with Crippen LogP contribution in [0.1, 0.15) is 32.3 Å². The molecule has 0 aliphatic carbocycles. The maximum Gasteiger partial charge on any atom is 0.338 e. The number of amides is 2. The lowest BCUT2D eigenvalue weighted by molar-refractivity contribution is -0.117. The van der Waals surface area contributed by atoms with Gasteiger partial charge in [-0.05, 0) is 35.9 Å². The van der Waals surface area contributed by atoms with E-state index in [-0.39, 0.29) is 27.4 Å². The first kappa shape index (κ1) is 22.2. The smallest absolute Gasteiger partial charge is 0.338 e. The molecule has 4 rings (SSSR count). The highest BCUT2D eigenvalue weighted by molar-refractivity contribution is 7.89. The first-order valence-electron chi connectivity index (χ1n) is 9.76. The molecule has 0 radical (unpaired) electrons. The number of benzene rings is 3. The minimum Gasteiger partial charge on any atom is -0.465 e. The second kappa shape index (κ2) is 8.49. The summed E-state index contributed by atoms with van der Waals surface area (Å²) in [5.41, 5.74) is 0.940. The minimum absolute atomic E-state index is 0.0291. The van der Waals surface area contributed by atoms with E-state index in [1.165, 1.54) is 42.3 Å². The van der Waals surface area contributed by atoms with Gasteiger partial charge in [0.25, 0.3) is 11.8 Å². The molecule has 1 atom stereocenters. The van der Waals surface area contributed by atoms with Gasteiger partial charge in [0.2, 0.25) is 10.0 Å². The fraction of sp³-hybridized carbons (Fsp3) is 0.0870. The molecule has 0 bridgehead atoms. The number of carbonyl (C=O) groups excluding carboxylic acids is 3. The molecule has 0 fully saturated rings. The molecule has 3 aromatic carbocycles. The number of ether oxygens (including phenoxy) is 1. The third kappa shape index (κ3) is 4.09. The molecule has 33 heavy (non-hydrogen) atoms. The Kier molecular flexibility index (Phi) is 5.71. The number of nitrogens with zero attached hydrogens (tertiary/aromatic N) is 1. The van der Waals surface area contributed by atoms with E-state index in [2.05, 4.69) is 5.32 Å². The highest BCUT2D eigenvalue weighted by Crippen LogP contribution is 2.40. The second-order valence-corrected chi connectivity index (χ2v) is 8.80. The molecule has 0 spiro atoms. The fourth-order valence-electron chi connectivity index (χ4n) is 3.71.